The van der Waals surface area contributed by atoms with Gasteiger partial charge in [0, 0.05) is 20.5 Å². The van der Waals surface area contributed by atoms with Crippen molar-refractivity contribution in [2.75, 3.05) is 14.1 Å². The first-order valence-corrected chi connectivity index (χ1v) is 6.45. The highest BCUT2D eigenvalue weighted by Crippen LogP contribution is 2.33. The summed E-state index contributed by atoms with van der Waals surface area (Å²) in [5.41, 5.74) is 0. The molecule has 2 unspecified atom stereocenters. The molecule has 0 aliphatic carbocycles. The Balaban J connectivity index is 5.05. The fourth-order valence-corrected chi connectivity index (χ4v) is 1.80. The maximum absolute atomic E-state index is 12.8. The average Bonchev–Trinajstić information content (AvgIpc) is 2.32. The quantitative estimate of drug-likeness (QED) is 0.806. The number of halogens is 3. The molecule has 0 fully saturated rings. The summed E-state index contributed by atoms with van der Waals surface area (Å²) in [6, 6.07) is -0.956. The lowest BCUT2D eigenvalue weighted by molar-refractivity contribution is -0.187. The van der Waals surface area contributed by atoms with Crippen LogP contribution >= 0.6 is 0 Å². The molecule has 0 spiro atoms. The number of amides is 2. The van der Waals surface area contributed by atoms with Gasteiger partial charge in [0.25, 0.3) is 0 Å². The molecule has 0 bridgehead atoms. The number of hydrogen-bond donors (Lipinski definition) is 1. The molecular formula is C13H21F3N2O3. The van der Waals surface area contributed by atoms with Gasteiger partial charge in [-0.15, -0.1) is 0 Å². The van der Waals surface area contributed by atoms with Crippen molar-refractivity contribution in [1.29, 1.82) is 0 Å². The Kier molecular flexibility index (Phi) is 6.85. The third kappa shape index (κ3) is 6.14. The Morgan fingerprint density at radius 2 is 1.62 bits per heavy atom. The van der Waals surface area contributed by atoms with E-state index >= 15 is 0 Å². The summed E-state index contributed by atoms with van der Waals surface area (Å²) in [4.78, 5) is 35.9. The van der Waals surface area contributed by atoms with Crippen LogP contribution in [0, 0.1) is 11.8 Å². The molecule has 8 heteroatoms. The maximum atomic E-state index is 12.8. The number of Topliss-reactive ketones (excluding diaryl/α,β-unsaturated/α-hetero) is 1. The Labute approximate surface area is 121 Å². The molecule has 0 saturated carbocycles. The fraction of sp³-hybridized carbons (Fsp3) is 0.769. The van der Waals surface area contributed by atoms with E-state index in [9.17, 15) is 27.6 Å². The van der Waals surface area contributed by atoms with Crippen molar-refractivity contribution < 1.29 is 27.6 Å². The lowest BCUT2D eigenvalue weighted by Gasteiger charge is -2.26. The van der Waals surface area contributed by atoms with Crippen LogP contribution in [0.2, 0.25) is 0 Å². The molecule has 21 heavy (non-hydrogen) atoms. The van der Waals surface area contributed by atoms with Gasteiger partial charge in [-0.2, -0.15) is 13.2 Å². The zero-order valence-electron chi connectivity index (χ0n) is 12.7. The molecular weight excluding hydrogens is 289 g/mol. The van der Waals surface area contributed by atoms with Gasteiger partial charge in [0.15, 0.2) is 0 Å². The molecule has 122 valence electrons. The smallest absolute Gasteiger partial charge is 0.347 e. The highest BCUT2D eigenvalue weighted by molar-refractivity contribution is 5.90. The standard InChI is InChI=1S/C13H21F3N2O3/c1-7(19)6-10(8(2)13(14,15)16)11(20)17-9(3)12(21)18(4)5/h8-10H,6H2,1-5H3,(H,17,20)/t8?,9-,10?/m0/s1. The third-order valence-corrected chi connectivity index (χ3v) is 3.13. The predicted octanol–water partition coefficient (Wildman–Crippen LogP) is 1.37. The van der Waals surface area contributed by atoms with Gasteiger partial charge in [0.05, 0.1) is 11.8 Å². The molecule has 0 aliphatic rings. The van der Waals surface area contributed by atoms with Crippen LogP contribution in [0.1, 0.15) is 27.2 Å². The number of likely N-dealkylation sites (N-methyl/N-ethyl adjacent to an activating group) is 1. The van der Waals surface area contributed by atoms with E-state index in [4.69, 9.17) is 0 Å². The van der Waals surface area contributed by atoms with Crippen LogP contribution in [0.5, 0.6) is 0 Å². The van der Waals surface area contributed by atoms with E-state index in [-0.39, 0.29) is 0 Å². The zero-order valence-corrected chi connectivity index (χ0v) is 12.7. The van der Waals surface area contributed by atoms with Crippen LogP contribution in [0.3, 0.4) is 0 Å². The number of carbonyl (C=O) groups excluding carboxylic acids is 3. The Morgan fingerprint density at radius 1 is 1.14 bits per heavy atom. The Bertz CT molecular complexity index is 408. The van der Waals surface area contributed by atoms with Crippen molar-refractivity contribution in [2.45, 2.75) is 39.4 Å². The van der Waals surface area contributed by atoms with Gasteiger partial charge in [-0.05, 0) is 13.8 Å². The van der Waals surface area contributed by atoms with Crippen LogP contribution in [-0.4, -0.2) is 48.8 Å². The molecule has 0 radical (unpaired) electrons. The molecule has 2 amide bonds. The molecule has 0 aromatic carbocycles. The van der Waals surface area contributed by atoms with E-state index in [1.54, 1.807) is 0 Å². The summed E-state index contributed by atoms with van der Waals surface area (Å²) >= 11 is 0. The first kappa shape index (κ1) is 19.4. The summed E-state index contributed by atoms with van der Waals surface area (Å²) < 4.78 is 38.3. The molecule has 0 rings (SSSR count). The fourth-order valence-electron chi connectivity index (χ4n) is 1.80. The maximum Gasteiger partial charge on any atom is 0.392 e. The Hall–Kier alpha value is -1.60. The number of hydrogen-bond acceptors (Lipinski definition) is 3. The molecule has 5 nitrogen and oxygen atoms in total. The van der Waals surface area contributed by atoms with Gasteiger partial charge in [-0.3, -0.25) is 9.59 Å². The first-order valence-electron chi connectivity index (χ1n) is 6.45. The molecule has 0 saturated heterocycles. The minimum Gasteiger partial charge on any atom is -0.347 e. The van der Waals surface area contributed by atoms with Gasteiger partial charge < -0.3 is 15.0 Å². The minimum atomic E-state index is -4.59. The van der Waals surface area contributed by atoms with E-state index in [0.717, 1.165) is 13.8 Å². The van der Waals surface area contributed by atoms with E-state index < -0.39 is 48.1 Å². The minimum absolute atomic E-state index is 0.440. The number of nitrogens with zero attached hydrogens (tertiary/aromatic N) is 1. The molecule has 0 heterocycles. The van der Waals surface area contributed by atoms with Gasteiger partial charge >= 0.3 is 6.18 Å². The average molecular weight is 310 g/mol. The number of nitrogens with one attached hydrogen (secondary N) is 1. The van der Waals surface area contributed by atoms with Crippen LogP contribution < -0.4 is 5.32 Å². The lowest BCUT2D eigenvalue weighted by Crippen LogP contribution is -2.48. The molecule has 3 atom stereocenters. The highest BCUT2D eigenvalue weighted by atomic mass is 19.4. The second kappa shape index (κ2) is 7.42. The third-order valence-electron chi connectivity index (χ3n) is 3.13. The second-order valence-electron chi connectivity index (χ2n) is 5.31. The SMILES string of the molecule is CC(=O)CC(C(=O)N[C@@H](C)C(=O)N(C)C)C(C)C(F)(F)F. The topological polar surface area (TPSA) is 66.5 Å². The summed E-state index contributed by atoms with van der Waals surface area (Å²) in [6.45, 7) is 3.35. The zero-order chi connectivity index (χ0) is 17.0. The van der Waals surface area contributed by atoms with Crippen LogP contribution in [0.25, 0.3) is 0 Å². The molecule has 0 aromatic heterocycles. The van der Waals surface area contributed by atoms with E-state index in [1.807, 2.05) is 0 Å². The van der Waals surface area contributed by atoms with E-state index in [0.29, 0.717) is 0 Å². The van der Waals surface area contributed by atoms with Crippen molar-refractivity contribution in [2.24, 2.45) is 11.8 Å². The van der Waals surface area contributed by atoms with Crippen LogP contribution in [0.15, 0.2) is 0 Å². The number of rotatable bonds is 6. The van der Waals surface area contributed by atoms with Crippen molar-refractivity contribution in [3.8, 4) is 0 Å². The van der Waals surface area contributed by atoms with Gasteiger partial charge in [0.2, 0.25) is 11.8 Å². The molecule has 1 N–H and O–H groups in total. The Morgan fingerprint density at radius 3 is 1.95 bits per heavy atom. The number of alkyl halides is 3. The van der Waals surface area contributed by atoms with Gasteiger partial charge in [-0.25, -0.2) is 0 Å². The van der Waals surface area contributed by atoms with Crippen LogP contribution in [0.4, 0.5) is 13.2 Å². The normalized spacial score (nSPS) is 15.8. The van der Waals surface area contributed by atoms with Crippen molar-refractivity contribution in [3.63, 3.8) is 0 Å². The van der Waals surface area contributed by atoms with Crippen LogP contribution in [-0.2, 0) is 14.4 Å². The molecule has 0 aromatic rings. The highest BCUT2D eigenvalue weighted by Gasteiger charge is 2.44. The van der Waals surface area contributed by atoms with Gasteiger partial charge in [0.1, 0.15) is 11.8 Å². The van der Waals surface area contributed by atoms with Gasteiger partial charge in [-0.1, -0.05) is 6.92 Å². The first-order chi connectivity index (χ1) is 9.37. The number of carbonyl (C=O) groups is 3. The molecule has 0 aliphatic heterocycles. The van der Waals surface area contributed by atoms with Crippen molar-refractivity contribution in [1.82, 2.24) is 10.2 Å². The summed E-state index contributed by atoms with van der Waals surface area (Å²) in [5.74, 6) is -5.41. The summed E-state index contributed by atoms with van der Waals surface area (Å²) in [5, 5.41) is 2.24. The van der Waals surface area contributed by atoms with E-state index in [2.05, 4.69) is 5.32 Å². The monoisotopic (exact) mass is 310 g/mol. The van der Waals surface area contributed by atoms with Crippen molar-refractivity contribution in [3.05, 3.63) is 0 Å². The summed E-state index contributed by atoms with van der Waals surface area (Å²) in [6.07, 6.45) is -5.11. The lowest BCUT2D eigenvalue weighted by atomic mass is 9.88. The largest absolute Gasteiger partial charge is 0.392 e. The van der Waals surface area contributed by atoms with E-state index in [1.165, 1.54) is 25.9 Å². The predicted molar refractivity (Wildman–Crippen MR) is 70.3 cm³/mol. The van der Waals surface area contributed by atoms with Crippen molar-refractivity contribution >= 4 is 17.6 Å². The summed E-state index contributed by atoms with van der Waals surface area (Å²) in [7, 11) is 2.94. The second-order valence-corrected chi connectivity index (χ2v) is 5.31. The number of ketones is 1.